The van der Waals surface area contributed by atoms with Crippen molar-refractivity contribution in [1.82, 2.24) is 19.9 Å². The van der Waals surface area contributed by atoms with Gasteiger partial charge in [-0.15, -0.1) is 0 Å². The Labute approximate surface area is 107 Å². The van der Waals surface area contributed by atoms with Gasteiger partial charge in [0.05, 0.1) is 7.11 Å². The van der Waals surface area contributed by atoms with Gasteiger partial charge in [-0.2, -0.15) is 15.0 Å². The molecule has 1 saturated heterocycles. The molecule has 2 atom stereocenters. The summed E-state index contributed by atoms with van der Waals surface area (Å²) in [6.45, 7) is 4.03. The average Bonchev–Trinajstić information content (AvgIpc) is 2.70. The molecule has 1 aromatic rings. The number of ether oxygens (including phenoxy) is 1. The number of nitrogens with two attached hydrogens (primary N) is 1. The van der Waals surface area contributed by atoms with E-state index < -0.39 is 0 Å². The highest BCUT2D eigenvalue weighted by Crippen LogP contribution is 2.24. The van der Waals surface area contributed by atoms with Crippen LogP contribution in [0.5, 0.6) is 6.01 Å². The van der Waals surface area contributed by atoms with Crippen LogP contribution in [0, 0.1) is 5.92 Å². The topological polar surface area (TPSA) is 80.4 Å². The van der Waals surface area contributed by atoms with Crippen molar-refractivity contribution in [2.75, 3.05) is 44.9 Å². The predicted molar refractivity (Wildman–Crippen MR) is 69.6 cm³/mol. The van der Waals surface area contributed by atoms with Crippen LogP contribution in [0.15, 0.2) is 0 Å². The van der Waals surface area contributed by atoms with Crippen LogP contribution in [-0.4, -0.2) is 60.2 Å². The minimum absolute atomic E-state index is 0.192. The van der Waals surface area contributed by atoms with Crippen LogP contribution in [0.3, 0.4) is 0 Å². The molecule has 0 aromatic carbocycles. The van der Waals surface area contributed by atoms with Gasteiger partial charge in [-0.25, -0.2) is 0 Å². The zero-order valence-corrected chi connectivity index (χ0v) is 11.3. The SMILES string of the molecule is COc1nc(N)nc(N2CC(C)C(N(C)C)C2)n1. The first-order valence-corrected chi connectivity index (χ1v) is 5.98. The Morgan fingerprint density at radius 2 is 2.00 bits per heavy atom. The van der Waals surface area contributed by atoms with E-state index in [1.807, 2.05) is 0 Å². The van der Waals surface area contributed by atoms with Gasteiger partial charge in [0.2, 0.25) is 11.9 Å². The first-order valence-electron chi connectivity index (χ1n) is 5.98. The number of aromatic nitrogens is 3. The average molecular weight is 252 g/mol. The fourth-order valence-electron chi connectivity index (χ4n) is 2.38. The second-order valence-electron chi connectivity index (χ2n) is 4.89. The van der Waals surface area contributed by atoms with Crippen LogP contribution in [0.2, 0.25) is 0 Å². The Bertz CT molecular complexity index is 424. The minimum Gasteiger partial charge on any atom is -0.467 e. The lowest BCUT2D eigenvalue weighted by Gasteiger charge is -2.22. The summed E-state index contributed by atoms with van der Waals surface area (Å²) in [7, 11) is 5.70. The number of rotatable bonds is 3. The summed E-state index contributed by atoms with van der Waals surface area (Å²) >= 11 is 0. The summed E-state index contributed by atoms with van der Waals surface area (Å²) in [5, 5.41) is 0. The van der Waals surface area contributed by atoms with Crippen LogP contribution in [0.1, 0.15) is 6.92 Å². The molecule has 7 nitrogen and oxygen atoms in total. The van der Waals surface area contributed by atoms with Crippen molar-refractivity contribution >= 4 is 11.9 Å². The summed E-state index contributed by atoms with van der Waals surface area (Å²) < 4.78 is 5.02. The van der Waals surface area contributed by atoms with Crippen molar-refractivity contribution in [2.24, 2.45) is 5.92 Å². The van der Waals surface area contributed by atoms with Crippen molar-refractivity contribution in [3.63, 3.8) is 0 Å². The maximum Gasteiger partial charge on any atom is 0.322 e. The maximum atomic E-state index is 5.65. The quantitative estimate of drug-likeness (QED) is 0.801. The summed E-state index contributed by atoms with van der Waals surface area (Å²) in [4.78, 5) is 16.7. The van der Waals surface area contributed by atoms with Crippen LogP contribution < -0.4 is 15.4 Å². The van der Waals surface area contributed by atoms with Crippen molar-refractivity contribution in [2.45, 2.75) is 13.0 Å². The smallest absolute Gasteiger partial charge is 0.322 e. The molecule has 2 rings (SSSR count). The van der Waals surface area contributed by atoms with E-state index in [9.17, 15) is 0 Å². The molecule has 1 fully saturated rings. The number of anilines is 2. The van der Waals surface area contributed by atoms with E-state index in [1.165, 1.54) is 7.11 Å². The Kier molecular flexibility index (Phi) is 3.51. The zero-order valence-electron chi connectivity index (χ0n) is 11.3. The van der Waals surface area contributed by atoms with Gasteiger partial charge < -0.3 is 20.3 Å². The second-order valence-corrected chi connectivity index (χ2v) is 4.89. The molecule has 1 aliphatic rings. The van der Waals surface area contributed by atoms with Crippen molar-refractivity contribution in [3.05, 3.63) is 0 Å². The molecular formula is C11H20N6O. The molecule has 2 heterocycles. The van der Waals surface area contributed by atoms with Gasteiger partial charge in [0.1, 0.15) is 0 Å². The molecule has 1 aromatic heterocycles. The summed E-state index contributed by atoms with van der Waals surface area (Å²) in [6.07, 6.45) is 0. The summed E-state index contributed by atoms with van der Waals surface area (Å²) in [5.41, 5.74) is 5.65. The molecule has 2 unspecified atom stereocenters. The van der Waals surface area contributed by atoms with E-state index in [2.05, 4.69) is 45.8 Å². The summed E-state index contributed by atoms with van der Waals surface area (Å²) in [6, 6.07) is 0.757. The third-order valence-electron chi connectivity index (χ3n) is 3.32. The van der Waals surface area contributed by atoms with Crippen LogP contribution >= 0.6 is 0 Å². The minimum atomic E-state index is 0.192. The third kappa shape index (κ3) is 2.45. The number of hydrogen-bond donors (Lipinski definition) is 1. The molecule has 0 saturated carbocycles. The highest BCUT2D eigenvalue weighted by atomic mass is 16.5. The second kappa shape index (κ2) is 4.93. The normalized spacial score (nSPS) is 23.7. The Morgan fingerprint density at radius 1 is 1.28 bits per heavy atom. The van der Waals surface area contributed by atoms with Crippen LogP contribution in [0.4, 0.5) is 11.9 Å². The molecule has 0 radical (unpaired) electrons. The highest BCUT2D eigenvalue weighted by molar-refractivity contribution is 5.38. The molecule has 0 aliphatic carbocycles. The van der Waals surface area contributed by atoms with E-state index in [0.29, 0.717) is 17.9 Å². The third-order valence-corrected chi connectivity index (χ3v) is 3.32. The number of nitrogen functional groups attached to an aromatic ring is 1. The molecule has 18 heavy (non-hydrogen) atoms. The Morgan fingerprint density at radius 3 is 2.56 bits per heavy atom. The molecule has 100 valence electrons. The Hall–Kier alpha value is -1.63. The van der Waals surface area contributed by atoms with Gasteiger partial charge in [0, 0.05) is 19.1 Å². The van der Waals surface area contributed by atoms with E-state index >= 15 is 0 Å². The van der Waals surface area contributed by atoms with E-state index in [0.717, 1.165) is 13.1 Å². The van der Waals surface area contributed by atoms with E-state index in [-0.39, 0.29) is 12.0 Å². The van der Waals surface area contributed by atoms with Gasteiger partial charge in [-0.1, -0.05) is 6.92 Å². The van der Waals surface area contributed by atoms with Gasteiger partial charge in [0.25, 0.3) is 0 Å². The fourth-order valence-corrected chi connectivity index (χ4v) is 2.38. The number of nitrogens with zero attached hydrogens (tertiary/aromatic N) is 5. The Balaban J connectivity index is 2.20. The van der Waals surface area contributed by atoms with E-state index in [4.69, 9.17) is 10.5 Å². The van der Waals surface area contributed by atoms with Gasteiger partial charge >= 0.3 is 6.01 Å². The highest BCUT2D eigenvalue weighted by Gasteiger charge is 2.32. The first-order chi connectivity index (χ1) is 8.51. The van der Waals surface area contributed by atoms with Crippen LogP contribution in [-0.2, 0) is 0 Å². The standard InChI is InChI=1S/C11H20N6O/c1-7-5-17(6-8(7)16(2)3)10-13-9(12)14-11(15-10)18-4/h7-8H,5-6H2,1-4H3,(H2,12,13,14,15). The molecule has 1 aliphatic heterocycles. The molecule has 7 heteroatoms. The number of methoxy groups -OCH3 is 1. The van der Waals surface area contributed by atoms with Crippen LogP contribution in [0.25, 0.3) is 0 Å². The van der Waals surface area contributed by atoms with Crippen molar-refractivity contribution in [3.8, 4) is 6.01 Å². The number of hydrogen-bond acceptors (Lipinski definition) is 7. The number of likely N-dealkylation sites (N-methyl/N-ethyl adjacent to an activating group) is 1. The maximum absolute atomic E-state index is 5.65. The van der Waals surface area contributed by atoms with Crippen molar-refractivity contribution in [1.29, 1.82) is 0 Å². The molecule has 0 bridgehead atoms. The lowest BCUT2D eigenvalue weighted by Crippen LogP contribution is -2.34. The monoisotopic (exact) mass is 252 g/mol. The zero-order chi connectivity index (χ0) is 13.3. The van der Waals surface area contributed by atoms with E-state index in [1.54, 1.807) is 0 Å². The lowest BCUT2D eigenvalue weighted by atomic mass is 10.1. The molecule has 0 spiro atoms. The molecule has 2 N–H and O–H groups in total. The van der Waals surface area contributed by atoms with Crippen molar-refractivity contribution < 1.29 is 4.74 Å². The first kappa shape index (κ1) is 12.8. The fraction of sp³-hybridized carbons (Fsp3) is 0.727. The molecular weight excluding hydrogens is 232 g/mol. The van der Waals surface area contributed by atoms with Gasteiger partial charge in [0.15, 0.2) is 0 Å². The lowest BCUT2D eigenvalue weighted by molar-refractivity contribution is 0.266. The summed E-state index contributed by atoms with van der Waals surface area (Å²) in [5.74, 6) is 1.34. The predicted octanol–water partition coefficient (Wildman–Crippen LogP) is -0.151. The molecule has 0 amide bonds. The van der Waals surface area contributed by atoms with Gasteiger partial charge in [-0.05, 0) is 20.0 Å². The largest absolute Gasteiger partial charge is 0.467 e. The van der Waals surface area contributed by atoms with Gasteiger partial charge in [-0.3, -0.25) is 0 Å².